The summed E-state index contributed by atoms with van der Waals surface area (Å²) in [6, 6.07) is 12.3. The van der Waals surface area contributed by atoms with Gasteiger partial charge in [0.2, 0.25) is 0 Å². The molecular weight excluding hydrogens is 284 g/mol. The summed E-state index contributed by atoms with van der Waals surface area (Å²) >= 11 is 6.65. The molecule has 1 unspecified atom stereocenters. The van der Waals surface area contributed by atoms with Crippen molar-refractivity contribution in [3.63, 3.8) is 0 Å². The molecule has 0 aliphatic heterocycles. The standard InChI is InChI=1S/C18H21ClO2/c1-12-7-5-6-8-14(12)10-16(19)15-11-18(21-4)17(20-3)9-13(15)2/h5-9,11,16H,10H2,1-4H3. The van der Waals surface area contributed by atoms with Crippen molar-refractivity contribution < 1.29 is 9.47 Å². The molecule has 1 atom stereocenters. The minimum absolute atomic E-state index is 0.0918. The second-order valence-electron chi connectivity index (χ2n) is 5.16. The molecule has 0 saturated carbocycles. The van der Waals surface area contributed by atoms with Crippen LogP contribution in [0.5, 0.6) is 11.5 Å². The van der Waals surface area contributed by atoms with Crippen molar-refractivity contribution in [2.45, 2.75) is 25.6 Å². The zero-order chi connectivity index (χ0) is 15.4. The monoisotopic (exact) mass is 304 g/mol. The maximum Gasteiger partial charge on any atom is 0.161 e. The number of ether oxygens (including phenoxy) is 2. The highest BCUT2D eigenvalue weighted by atomic mass is 35.5. The van der Waals surface area contributed by atoms with E-state index in [0.717, 1.165) is 23.3 Å². The van der Waals surface area contributed by atoms with E-state index < -0.39 is 0 Å². The molecule has 0 heterocycles. The van der Waals surface area contributed by atoms with E-state index in [2.05, 4.69) is 19.1 Å². The minimum Gasteiger partial charge on any atom is -0.493 e. The van der Waals surface area contributed by atoms with Crippen molar-refractivity contribution in [2.24, 2.45) is 0 Å². The molecule has 21 heavy (non-hydrogen) atoms. The van der Waals surface area contributed by atoms with Crippen molar-refractivity contribution >= 4 is 11.6 Å². The van der Waals surface area contributed by atoms with Crippen molar-refractivity contribution in [1.29, 1.82) is 0 Å². The third-order valence-electron chi connectivity index (χ3n) is 3.77. The number of hydrogen-bond donors (Lipinski definition) is 0. The van der Waals surface area contributed by atoms with E-state index in [1.54, 1.807) is 14.2 Å². The van der Waals surface area contributed by atoms with Gasteiger partial charge < -0.3 is 9.47 Å². The Labute approximate surface area is 131 Å². The zero-order valence-electron chi connectivity index (χ0n) is 12.9. The summed E-state index contributed by atoms with van der Waals surface area (Å²) in [7, 11) is 3.28. The third kappa shape index (κ3) is 3.51. The Morgan fingerprint density at radius 3 is 2.19 bits per heavy atom. The molecule has 0 saturated heterocycles. The van der Waals surface area contributed by atoms with Crippen LogP contribution in [0.3, 0.4) is 0 Å². The topological polar surface area (TPSA) is 18.5 Å². The summed E-state index contributed by atoms with van der Waals surface area (Å²) < 4.78 is 10.7. The molecule has 0 aliphatic carbocycles. The van der Waals surface area contributed by atoms with Gasteiger partial charge in [-0.25, -0.2) is 0 Å². The van der Waals surface area contributed by atoms with Crippen LogP contribution in [0, 0.1) is 13.8 Å². The van der Waals surface area contributed by atoms with E-state index in [4.69, 9.17) is 21.1 Å². The molecule has 0 fully saturated rings. The van der Waals surface area contributed by atoms with E-state index in [-0.39, 0.29) is 5.38 Å². The lowest BCUT2D eigenvalue weighted by Gasteiger charge is -2.17. The lowest BCUT2D eigenvalue weighted by Crippen LogP contribution is -2.02. The predicted molar refractivity (Wildman–Crippen MR) is 87.8 cm³/mol. The molecule has 0 bridgehead atoms. The maximum absolute atomic E-state index is 6.65. The van der Waals surface area contributed by atoms with Gasteiger partial charge in [-0.3, -0.25) is 0 Å². The minimum atomic E-state index is -0.0918. The van der Waals surface area contributed by atoms with Gasteiger partial charge in [0, 0.05) is 0 Å². The summed E-state index contributed by atoms with van der Waals surface area (Å²) in [5.74, 6) is 1.45. The summed E-state index contributed by atoms with van der Waals surface area (Å²) in [6.07, 6.45) is 0.796. The van der Waals surface area contributed by atoms with Crippen LogP contribution < -0.4 is 9.47 Å². The molecule has 0 aliphatic rings. The molecular formula is C18H21ClO2. The van der Waals surface area contributed by atoms with Crippen molar-refractivity contribution in [3.05, 3.63) is 58.7 Å². The van der Waals surface area contributed by atoms with Crippen molar-refractivity contribution in [1.82, 2.24) is 0 Å². The quantitative estimate of drug-likeness (QED) is 0.736. The molecule has 2 nitrogen and oxygen atoms in total. The fourth-order valence-corrected chi connectivity index (χ4v) is 2.88. The number of halogens is 1. The molecule has 0 spiro atoms. The lowest BCUT2D eigenvalue weighted by molar-refractivity contribution is 0.354. The average Bonchev–Trinajstić information content (AvgIpc) is 2.49. The first-order chi connectivity index (χ1) is 10.1. The molecule has 0 radical (unpaired) electrons. The number of rotatable bonds is 5. The first kappa shape index (κ1) is 15.7. The Hall–Kier alpha value is -1.67. The fraction of sp³-hybridized carbons (Fsp3) is 0.333. The molecule has 0 amide bonds. The van der Waals surface area contributed by atoms with Crippen LogP contribution >= 0.6 is 11.6 Å². The number of aryl methyl sites for hydroxylation is 2. The molecule has 112 valence electrons. The van der Waals surface area contributed by atoms with Gasteiger partial charge in [0.1, 0.15) is 0 Å². The normalized spacial score (nSPS) is 12.0. The van der Waals surface area contributed by atoms with E-state index in [1.165, 1.54) is 11.1 Å². The van der Waals surface area contributed by atoms with Gasteiger partial charge in [-0.05, 0) is 54.7 Å². The summed E-state index contributed by atoms with van der Waals surface area (Å²) in [5, 5.41) is -0.0918. The third-order valence-corrected chi connectivity index (χ3v) is 4.16. The number of alkyl halides is 1. The van der Waals surface area contributed by atoms with Gasteiger partial charge in [-0.1, -0.05) is 24.3 Å². The molecule has 0 aromatic heterocycles. The molecule has 2 aromatic rings. The Morgan fingerprint density at radius 2 is 1.57 bits per heavy atom. The first-order valence-electron chi connectivity index (χ1n) is 6.98. The van der Waals surface area contributed by atoms with E-state index in [9.17, 15) is 0 Å². The highest BCUT2D eigenvalue weighted by molar-refractivity contribution is 6.21. The van der Waals surface area contributed by atoms with Gasteiger partial charge in [0.05, 0.1) is 19.6 Å². The van der Waals surface area contributed by atoms with E-state index >= 15 is 0 Å². The highest BCUT2D eigenvalue weighted by Gasteiger charge is 2.16. The second kappa shape index (κ2) is 6.86. The van der Waals surface area contributed by atoms with Gasteiger partial charge in [0.25, 0.3) is 0 Å². The van der Waals surface area contributed by atoms with Gasteiger partial charge in [-0.15, -0.1) is 11.6 Å². The lowest BCUT2D eigenvalue weighted by atomic mass is 9.97. The van der Waals surface area contributed by atoms with Crippen molar-refractivity contribution in [2.75, 3.05) is 14.2 Å². The Bertz CT molecular complexity index is 623. The van der Waals surface area contributed by atoms with Crippen LogP contribution in [0.25, 0.3) is 0 Å². The maximum atomic E-state index is 6.65. The van der Waals surface area contributed by atoms with Crippen LogP contribution in [0.1, 0.15) is 27.6 Å². The predicted octanol–water partition coefficient (Wildman–Crippen LogP) is 4.84. The van der Waals surface area contributed by atoms with Gasteiger partial charge >= 0.3 is 0 Å². The summed E-state index contributed by atoms with van der Waals surface area (Å²) in [6.45, 7) is 4.16. The molecule has 0 N–H and O–H groups in total. The summed E-state index contributed by atoms with van der Waals surface area (Å²) in [5.41, 5.74) is 4.73. The Morgan fingerprint density at radius 1 is 0.952 bits per heavy atom. The largest absolute Gasteiger partial charge is 0.493 e. The average molecular weight is 305 g/mol. The second-order valence-corrected chi connectivity index (χ2v) is 5.69. The molecule has 2 rings (SSSR count). The van der Waals surface area contributed by atoms with E-state index in [1.807, 2.05) is 31.2 Å². The highest BCUT2D eigenvalue weighted by Crippen LogP contribution is 2.36. The van der Waals surface area contributed by atoms with Crippen LogP contribution in [0.4, 0.5) is 0 Å². The Balaban J connectivity index is 2.31. The van der Waals surface area contributed by atoms with Gasteiger partial charge in [-0.2, -0.15) is 0 Å². The Kier molecular flexibility index (Phi) is 5.13. The van der Waals surface area contributed by atoms with Crippen molar-refractivity contribution in [3.8, 4) is 11.5 Å². The number of hydrogen-bond acceptors (Lipinski definition) is 2. The van der Waals surface area contributed by atoms with E-state index in [0.29, 0.717) is 5.75 Å². The molecule has 2 aromatic carbocycles. The fourth-order valence-electron chi connectivity index (χ4n) is 2.48. The number of benzene rings is 2. The van der Waals surface area contributed by atoms with Crippen LogP contribution in [0.2, 0.25) is 0 Å². The number of methoxy groups -OCH3 is 2. The first-order valence-corrected chi connectivity index (χ1v) is 7.41. The van der Waals surface area contributed by atoms with Crippen LogP contribution in [0.15, 0.2) is 36.4 Å². The smallest absolute Gasteiger partial charge is 0.161 e. The van der Waals surface area contributed by atoms with Crippen LogP contribution in [-0.2, 0) is 6.42 Å². The SMILES string of the molecule is COc1cc(C)c(C(Cl)Cc2ccccc2C)cc1OC. The molecule has 3 heteroatoms. The summed E-state index contributed by atoms with van der Waals surface area (Å²) in [4.78, 5) is 0. The van der Waals surface area contributed by atoms with Gasteiger partial charge in [0.15, 0.2) is 11.5 Å². The zero-order valence-corrected chi connectivity index (χ0v) is 13.7. The van der Waals surface area contributed by atoms with Crippen LogP contribution in [-0.4, -0.2) is 14.2 Å².